The lowest BCUT2D eigenvalue weighted by Gasteiger charge is -2.31. The van der Waals surface area contributed by atoms with Gasteiger partial charge in [-0.25, -0.2) is 0 Å². The molecule has 27 heavy (non-hydrogen) atoms. The van der Waals surface area contributed by atoms with E-state index in [1.54, 1.807) is 0 Å². The molecular formula is C23H25N3O. The van der Waals surface area contributed by atoms with Crippen molar-refractivity contribution in [3.8, 4) is 0 Å². The van der Waals surface area contributed by atoms with E-state index in [1.165, 1.54) is 17.5 Å². The third-order valence-electron chi connectivity index (χ3n) is 5.50. The minimum absolute atomic E-state index is 0.0899. The maximum atomic E-state index is 13.6. The minimum Gasteiger partial charge on any atom is -0.332 e. The molecule has 1 aromatic carbocycles. The third kappa shape index (κ3) is 3.57. The molecule has 138 valence electrons. The van der Waals surface area contributed by atoms with Crippen LogP contribution in [0, 0.1) is 13.8 Å². The summed E-state index contributed by atoms with van der Waals surface area (Å²) in [6.45, 7) is 4.79. The number of amides is 1. The Labute approximate surface area is 160 Å². The van der Waals surface area contributed by atoms with Gasteiger partial charge in [0, 0.05) is 24.3 Å². The molecule has 3 heterocycles. The Balaban J connectivity index is 1.75. The van der Waals surface area contributed by atoms with Crippen molar-refractivity contribution in [1.29, 1.82) is 0 Å². The molecule has 4 heteroatoms. The fourth-order valence-corrected chi connectivity index (χ4v) is 4.05. The summed E-state index contributed by atoms with van der Waals surface area (Å²) in [6.07, 6.45) is 7.98. The number of aryl methyl sites for hydroxylation is 2. The molecule has 4 rings (SSSR count). The largest absolute Gasteiger partial charge is 0.332 e. The van der Waals surface area contributed by atoms with Gasteiger partial charge in [0.15, 0.2) is 0 Å². The Kier molecular flexibility index (Phi) is 4.88. The Morgan fingerprint density at radius 1 is 1.04 bits per heavy atom. The van der Waals surface area contributed by atoms with E-state index in [-0.39, 0.29) is 11.9 Å². The van der Waals surface area contributed by atoms with Crippen molar-refractivity contribution >= 4 is 16.8 Å². The first-order valence-corrected chi connectivity index (χ1v) is 9.72. The molecule has 4 nitrogen and oxygen atoms in total. The molecule has 1 unspecified atom stereocenters. The summed E-state index contributed by atoms with van der Waals surface area (Å²) in [5.41, 5.74) is 4.80. The van der Waals surface area contributed by atoms with Crippen molar-refractivity contribution < 1.29 is 4.79 Å². The number of hydrogen-bond acceptors (Lipinski definition) is 3. The average Bonchev–Trinajstić information content (AvgIpc) is 2.94. The molecule has 1 saturated heterocycles. The van der Waals surface area contributed by atoms with Crippen molar-refractivity contribution in [2.45, 2.75) is 45.6 Å². The highest BCUT2D eigenvalue weighted by atomic mass is 16.2. The second-order valence-corrected chi connectivity index (χ2v) is 7.46. The second kappa shape index (κ2) is 7.47. The first-order chi connectivity index (χ1) is 13.1. The zero-order valence-electron chi connectivity index (χ0n) is 16.0. The molecule has 1 aliphatic heterocycles. The number of benzene rings is 1. The van der Waals surface area contributed by atoms with E-state index in [9.17, 15) is 4.79 Å². The smallest absolute Gasteiger partial charge is 0.256 e. The first-order valence-electron chi connectivity index (χ1n) is 9.72. The van der Waals surface area contributed by atoms with Crippen LogP contribution in [0.15, 0.2) is 48.8 Å². The predicted molar refractivity (Wildman–Crippen MR) is 108 cm³/mol. The summed E-state index contributed by atoms with van der Waals surface area (Å²) < 4.78 is 0. The van der Waals surface area contributed by atoms with Gasteiger partial charge in [-0.1, -0.05) is 24.5 Å². The topological polar surface area (TPSA) is 46.1 Å². The van der Waals surface area contributed by atoms with E-state index in [0.29, 0.717) is 5.56 Å². The summed E-state index contributed by atoms with van der Waals surface area (Å²) in [5.74, 6) is 0.0899. The van der Waals surface area contributed by atoms with Crippen LogP contribution in [-0.4, -0.2) is 27.3 Å². The van der Waals surface area contributed by atoms with Crippen molar-refractivity contribution in [3.05, 3.63) is 71.2 Å². The zero-order valence-corrected chi connectivity index (χ0v) is 16.0. The Hall–Kier alpha value is -2.75. The number of carbonyl (C=O) groups excluding carboxylic acids is 1. The fraction of sp³-hybridized carbons (Fsp3) is 0.348. The summed E-state index contributed by atoms with van der Waals surface area (Å²) >= 11 is 0. The van der Waals surface area contributed by atoms with Gasteiger partial charge >= 0.3 is 0 Å². The van der Waals surface area contributed by atoms with Crippen LogP contribution in [0.25, 0.3) is 10.9 Å². The van der Waals surface area contributed by atoms with Crippen molar-refractivity contribution in [3.63, 3.8) is 0 Å². The lowest BCUT2D eigenvalue weighted by molar-refractivity contribution is 0.0680. The number of fused-ring (bicyclic) bond motifs is 1. The van der Waals surface area contributed by atoms with Crippen molar-refractivity contribution in [1.82, 2.24) is 14.9 Å². The molecule has 0 spiro atoms. The molecule has 1 aliphatic rings. The van der Waals surface area contributed by atoms with Crippen LogP contribution < -0.4 is 0 Å². The molecule has 3 aromatic rings. The van der Waals surface area contributed by atoms with Gasteiger partial charge in [0.25, 0.3) is 5.91 Å². The van der Waals surface area contributed by atoms with E-state index in [0.717, 1.165) is 42.4 Å². The SMILES string of the molecule is Cc1ccc2nc(C)c(C(=O)N3CCCCCC3c3ccncc3)cc2c1. The summed E-state index contributed by atoms with van der Waals surface area (Å²) in [6, 6.07) is 12.4. The second-order valence-electron chi connectivity index (χ2n) is 7.46. The standard InChI is InChI=1S/C23H25N3O/c1-16-7-8-21-19(14-16)15-20(17(2)25-21)23(27)26-13-5-3-4-6-22(26)18-9-11-24-12-10-18/h7-12,14-15,22H,3-6,13H2,1-2H3. The third-order valence-corrected chi connectivity index (χ3v) is 5.50. The molecule has 0 aliphatic carbocycles. The molecule has 0 radical (unpaired) electrons. The lowest BCUT2D eigenvalue weighted by atomic mass is 10.0. The Bertz CT molecular complexity index is 968. The summed E-state index contributed by atoms with van der Waals surface area (Å²) in [4.78, 5) is 24.4. The Morgan fingerprint density at radius 3 is 2.67 bits per heavy atom. The number of rotatable bonds is 2. The monoisotopic (exact) mass is 359 g/mol. The fourth-order valence-electron chi connectivity index (χ4n) is 4.05. The highest BCUT2D eigenvalue weighted by Gasteiger charge is 2.28. The maximum Gasteiger partial charge on any atom is 0.256 e. The van der Waals surface area contributed by atoms with Crippen LogP contribution >= 0.6 is 0 Å². The molecule has 1 atom stereocenters. The quantitative estimate of drug-likeness (QED) is 0.646. The number of likely N-dealkylation sites (tertiary alicyclic amines) is 1. The van der Waals surface area contributed by atoms with E-state index < -0.39 is 0 Å². The van der Waals surface area contributed by atoms with Crippen LogP contribution in [0.1, 0.15) is 58.9 Å². The van der Waals surface area contributed by atoms with Gasteiger partial charge in [-0.3, -0.25) is 14.8 Å². The maximum absolute atomic E-state index is 13.6. The summed E-state index contributed by atoms with van der Waals surface area (Å²) in [5, 5.41) is 1.03. The highest BCUT2D eigenvalue weighted by molar-refractivity contribution is 5.99. The van der Waals surface area contributed by atoms with Gasteiger partial charge in [-0.2, -0.15) is 0 Å². The van der Waals surface area contributed by atoms with Crippen LogP contribution in [-0.2, 0) is 0 Å². The summed E-state index contributed by atoms with van der Waals surface area (Å²) in [7, 11) is 0. The van der Waals surface area contributed by atoms with E-state index in [2.05, 4.69) is 24.0 Å². The van der Waals surface area contributed by atoms with Gasteiger partial charge in [0.1, 0.15) is 0 Å². The Morgan fingerprint density at radius 2 is 1.85 bits per heavy atom. The number of aromatic nitrogens is 2. The first kappa shape index (κ1) is 17.7. The lowest BCUT2D eigenvalue weighted by Crippen LogP contribution is -2.35. The molecular weight excluding hydrogens is 334 g/mol. The molecule has 0 bridgehead atoms. The van der Waals surface area contributed by atoms with Crippen LogP contribution in [0.3, 0.4) is 0 Å². The number of hydrogen-bond donors (Lipinski definition) is 0. The molecule has 1 amide bonds. The predicted octanol–water partition coefficient (Wildman–Crippen LogP) is 5.00. The van der Waals surface area contributed by atoms with Crippen molar-refractivity contribution in [2.75, 3.05) is 6.54 Å². The average molecular weight is 359 g/mol. The number of pyridine rings is 2. The zero-order chi connectivity index (χ0) is 18.8. The van der Waals surface area contributed by atoms with Crippen molar-refractivity contribution in [2.24, 2.45) is 0 Å². The minimum atomic E-state index is 0.0899. The van der Waals surface area contributed by atoms with E-state index in [4.69, 9.17) is 4.98 Å². The normalized spacial score (nSPS) is 17.7. The number of nitrogens with zero attached hydrogens (tertiary/aromatic N) is 3. The van der Waals surface area contributed by atoms with Gasteiger partial charge in [-0.15, -0.1) is 0 Å². The molecule has 2 aromatic heterocycles. The van der Waals surface area contributed by atoms with Gasteiger partial charge in [0.05, 0.1) is 22.8 Å². The number of carbonyl (C=O) groups is 1. The van der Waals surface area contributed by atoms with Gasteiger partial charge in [0.2, 0.25) is 0 Å². The molecule has 0 saturated carbocycles. The molecule has 0 N–H and O–H groups in total. The van der Waals surface area contributed by atoms with Crippen LogP contribution in [0.2, 0.25) is 0 Å². The van der Waals surface area contributed by atoms with Gasteiger partial charge in [-0.05, 0) is 62.6 Å². The highest BCUT2D eigenvalue weighted by Crippen LogP contribution is 2.32. The van der Waals surface area contributed by atoms with Crippen LogP contribution in [0.4, 0.5) is 0 Å². The van der Waals surface area contributed by atoms with Crippen LogP contribution in [0.5, 0.6) is 0 Å². The molecule has 1 fully saturated rings. The van der Waals surface area contributed by atoms with E-state index in [1.807, 2.05) is 48.5 Å². The van der Waals surface area contributed by atoms with E-state index >= 15 is 0 Å². The van der Waals surface area contributed by atoms with Gasteiger partial charge < -0.3 is 4.90 Å².